The predicted octanol–water partition coefficient (Wildman–Crippen LogP) is 5.83. The number of hydrogen-bond acceptors (Lipinski definition) is 7. The van der Waals surface area contributed by atoms with Crippen molar-refractivity contribution in [2.45, 2.75) is 50.3 Å². The van der Waals surface area contributed by atoms with E-state index in [1.165, 1.54) is 0 Å². The van der Waals surface area contributed by atoms with Crippen LogP contribution in [0, 0.1) is 0 Å². The largest absolute Gasteiger partial charge is 0.438 e. The Bertz CT molecular complexity index is 1670. The summed E-state index contributed by atoms with van der Waals surface area (Å²) in [4.78, 5) is 20.1. The number of para-hydroxylation sites is 2. The van der Waals surface area contributed by atoms with E-state index in [0.29, 0.717) is 55.6 Å². The van der Waals surface area contributed by atoms with Crippen LogP contribution in [0.3, 0.4) is 0 Å². The number of nitrogens with zero attached hydrogens (tertiary/aromatic N) is 2. The summed E-state index contributed by atoms with van der Waals surface area (Å²) >= 11 is 0. The Kier molecular flexibility index (Phi) is 11.1. The number of nitrogens with one attached hydrogen (secondary N) is 1. The SMILES string of the molecule is O=C(NCCCC[C@H](O)c1nc2ccccc2o1)[C@H](CS(=O)(=O)Cc1ccccc1)N(Cc1ccccc1)Cc1ccccc1. The molecule has 5 rings (SSSR count). The fourth-order valence-electron chi connectivity index (χ4n) is 5.33. The third kappa shape index (κ3) is 9.59. The summed E-state index contributed by atoms with van der Waals surface area (Å²) in [7, 11) is -3.65. The van der Waals surface area contributed by atoms with Crippen LogP contribution < -0.4 is 5.32 Å². The summed E-state index contributed by atoms with van der Waals surface area (Å²) in [5, 5.41) is 13.6. The zero-order valence-corrected chi connectivity index (χ0v) is 26.0. The molecule has 1 heterocycles. The number of fused-ring (bicyclic) bond motifs is 1. The molecule has 0 aliphatic carbocycles. The van der Waals surface area contributed by atoms with E-state index in [2.05, 4.69) is 10.3 Å². The summed E-state index contributed by atoms with van der Waals surface area (Å²) in [6.07, 6.45) is 0.793. The number of aromatic nitrogens is 1. The standard InChI is InChI=1S/C36H39N3O5S/c40-33(36-38-31-20-10-11-22-34(31)44-36)21-12-13-23-37-35(41)32(27-45(42,43)26-30-18-8-3-9-19-30)39(24-28-14-4-1-5-15-28)25-29-16-6-2-7-17-29/h1-11,14-20,22,32-33,40H,12-13,21,23-27H2,(H,37,41)/t32-,33-/m0/s1. The lowest BCUT2D eigenvalue weighted by molar-refractivity contribution is -0.126. The lowest BCUT2D eigenvalue weighted by atomic mass is 10.1. The average Bonchev–Trinajstić information content (AvgIpc) is 3.49. The van der Waals surface area contributed by atoms with Crippen molar-refractivity contribution in [1.82, 2.24) is 15.2 Å². The van der Waals surface area contributed by atoms with Gasteiger partial charge < -0.3 is 14.8 Å². The van der Waals surface area contributed by atoms with E-state index in [0.717, 1.165) is 11.1 Å². The molecule has 2 N–H and O–H groups in total. The van der Waals surface area contributed by atoms with E-state index in [1.807, 2.05) is 108 Å². The fraction of sp³-hybridized carbons (Fsp3) is 0.278. The first-order chi connectivity index (χ1) is 21.9. The van der Waals surface area contributed by atoms with Crippen LogP contribution >= 0.6 is 0 Å². The Morgan fingerprint density at radius 1 is 0.778 bits per heavy atom. The van der Waals surface area contributed by atoms with Crippen LogP contribution in [0.4, 0.5) is 0 Å². The lowest BCUT2D eigenvalue weighted by Gasteiger charge is -2.31. The molecule has 0 spiro atoms. The maximum Gasteiger partial charge on any atom is 0.238 e. The molecule has 5 aromatic rings. The Morgan fingerprint density at radius 2 is 1.33 bits per heavy atom. The highest BCUT2D eigenvalue weighted by Gasteiger charge is 2.31. The highest BCUT2D eigenvalue weighted by atomic mass is 32.2. The zero-order chi connectivity index (χ0) is 31.5. The van der Waals surface area contributed by atoms with Gasteiger partial charge in [0.15, 0.2) is 15.4 Å². The van der Waals surface area contributed by atoms with Gasteiger partial charge in [-0.3, -0.25) is 9.69 Å². The molecule has 0 unspecified atom stereocenters. The maximum absolute atomic E-state index is 13.8. The van der Waals surface area contributed by atoms with Crippen molar-refractivity contribution < 1.29 is 22.7 Å². The summed E-state index contributed by atoms with van der Waals surface area (Å²) in [5.41, 5.74) is 3.98. The number of amides is 1. The molecule has 9 heteroatoms. The smallest absolute Gasteiger partial charge is 0.238 e. The Morgan fingerprint density at radius 3 is 1.93 bits per heavy atom. The molecular weight excluding hydrogens is 586 g/mol. The molecule has 0 aliphatic heterocycles. The van der Waals surface area contributed by atoms with E-state index < -0.39 is 22.0 Å². The summed E-state index contributed by atoms with van der Waals surface area (Å²) in [6.45, 7) is 1.16. The fourth-order valence-corrected chi connectivity index (χ4v) is 7.00. The second kappa shape index (κ2) is 15.6. The molecule has 1 amide bonds. The van der Waals surface area contributed by atoms with Crippen LogP contribution in [0.15, 0.2) is 120 Å². The monoisotopic (exact) mass is 625 g/mol. The van der Waals surface area contributed by atoms with Gasteiger partial charge in [-0.1, -0.05) is 103 Å². The molecule has 2 atom stereocenters. The van der Waals surface area contributed by atoms with Crippen molar-refractivity contribution in [3.05, 3.63) is 138 Å². The normalized spacial score (nSPS) is 13.1. The number of oxazole rings is 1. The van der Waals surface area contributed by atoms with Crippen LogP contribution in [0.5, 0.6) is 0 Å². The quantitative estimate of drug-likeness (QED) is 0.133. The minimum absolute atomic E-state index is 0.143. The second-order valence-corrected chi connectivity index (χ2v) is 13.4. The van der Waals surface area contributed by atoms with E-state index in [4.69, 9.17) is 4.42 Å². The maximum atomic E-state index is 13.8. The second-order valence-electron chi connectivity index (χ2n) is 11.3. The average molecular weight is 626 g/mol. The molecule has 234 valence electrons. The molecule has 45 heavy (non-hydrogen) atoms. The van der Waals surface area contributed by atoms with Gasteiger partial charge in [0.2, 0.25) is 11.8 Å². The Balaban J connectivity index is 1.27. The van der Waals surface area contributed by atoms with Crippen LogP contribution in [0.25, 0.3) is 11.1 Å². The molecule has 1 aromatic heterocycles. The molecule has 4 aromatic carbocycles. The molecule has 0 saturated carbocycles. The predicted molar refractivity (Wildman–Crippen MR) is 176 cm³/mol. The van der Waals surface area contributed by atoms with Crippen LogP contribution in [-0.2, 0) is 33.5 Å². The lowest BCUT2D eigenvalue weighted by Crippen LogP contribution is -2.50. The number of sulfone groups is 1. The molecular formula is C36H39N3O5S. The van der Waals surface area contributed by atoms with Crippen molar-refractivity contribution in [3.8, 4) is 0 Å². The van der Waals surface area contributed by atoms with Gasteiger partial charge >= 0.3 is 0 Å². The van der Waals surface area contributed by atoms with Crippen molar-refractivity contribution in [2.24, 2.45) is 0 Å². The number of hydrogen-bond donors (Lipinski definition) is 2. The van der Waals surface area contributed by atoms with E-state index in [1.54, 1.807) is 12.1 Å². The van der Waals surface area contributed by atoms with Gasteiger partial charge in [0.25, 0.3) is 0 Å². The van der Waals surface area contributed by atoms with Gasteiger partial charge in [0.1, 0.15) is 17.7 Å². The van der Waals surface area contributed by atoms with Crippen molar-refractivity contribution in [1.29, 1.82) is 0 Å². The number of rotatable bonds is 16. The van der Waals surface area contributed by atoms with E-state index >= 15 is 0 Å². The van der Waals surface area contributed by atoms with Gasteiger partial charge in [-0.15, -0.1) is 0 Å². The Hall–Kier alpha value is -4.31. The van der Waals surface area contributed by atoms with Gasteiger partial charge in [0.05, 0.1) is 11.5 Å². The van der Waals surface area contributed by atoms with Crippen molar-refractivity contribution in [3.63, 3.8) is 0 Å². The van der Waals surface area contributed by atoms with E-state index in [-0.39, 0.29) is 23.3 Å². The molecule has 8 nitrogen and oxygen atoms in total. The van der Waals surface area contributed by atoms with Gasteiger partial charge in [-0.25, -0.2) is 13.4 Å². The molecule has 0 fully saturated rings. The first-order valence-electron chi connectivity index (χ1n) is 15.2. The number of carbonyl (C=O) groups excluding carboxylic acids is 1. The highest BCUT2D eigenvalue weighted by Crippen LogP contribution is 2.23. The molecule has 0 radical (unpaired) electrons. The van der Waals surface area contributed by atoms with Crippen LogP contribution in [0.1, 0.15) is 47.9 Å². The van der Waals surface area contributed by atoms with Crippen LogP contribution in [-0.4, -0.2) is 47.7 Å². The zero-order valence-electron chi connectivity index (χ0n) is 25.2. The molecule has 0 bridgehead atoms. The third-order valence-electron chi connectivity index (χ3n) is 7.64. The number of carbonyl (C=O) groups is 1. The highest BCUT2D eigenvalue weighted by molar-refractivity contribution is 7.90. The van der Waals surface area contributed by atoms with Gasteiger partial charge in [0, 0.05) is 19.6 Å². The van der Waals surface area contributed by atoms with E-state index in [9.17, 15) is 18.3 Å². The number of unbranched alkanes of at least 4 members (excludes halogenated alkanes) is 1. The first-order valence-corrected chi connectivity index (χ1v) is 17.1. The van der Waals surface area contributed by atoms with Gasteiger partial charge in [-0.05, 0) is 48.1 Å². The number of benzene rings is 4. The minimum Gasteiger partial charge on any atom is -0.438 e. The molecule has 0 saturated heterocycles. The van der Waals surface area contributed by atoms with Crippen LogP contribution in [0.2, 0.25) is 0 Å². The van der Waals surface area contributed by atoms with Crippen molar-refractivity contribution in [2.75, 3.05) is 12.3 Å². The summed E-state index contributed by atoms with van der Waals surface area (Å²) in [5.74, 6) is -0.515. The molecule has 0 aliphatic rings. The minimum atomic E-state index is -3.65. The van der Waals surface area contributed by atoms with Crippen molar-refractivity contribution >= 4 is 26.8 Å². The summed E-state index contributed by atoms with van der Waals surface area (Å²) in [6, 6.07) is 35.0. The van der Waals surface area contributed by atoms with Gasteiger partial charge in [-0.2, -0.15) is 0 Å². The Labute approximate surface area is 264 Å². The summed E-state index contributed by atoms with van der Waals surface area (Å²) < 4.78 is 32.7. The topological polar surface area (TPSA) is 113 Å². The first kappa shape index (κ1) is 32.1. The third-order valence-corrected chi connectivity index (χ3v) is 9.24. The number of aliphatic hydroxyl groups excluding tert-OH is 1. The number of aliphatic hydroxyl groups is 1.